The van der Waals surface area contributed by atoms with Gasteiger partial charge in [0, 0.05) is 23.7 Å². The van der Waals surface area contributed by atoms with Crippen molar-refractivity contribution in [2.24, 2.45) is 0 Å². The number of aromatic amines is 1. The maximum absolute atomic E-state index is 13.7. The molecule has 0 aliphatic heterocycles. The molecule has 5 rings (SSSR count). The number of nitrogens with zero attached hydrogens (tertiary/aromatic N) is 2. The van der Waals surface area contributed by atoms with Crippen LogP contribution in [0.25, 0.3) is 33.5 Å². The first-order valence-corrected chi connectivity index (χ1v) is 12.3. The Balaban J connectivity index is 1.63. The predicted molar refractivity (Wildman–Crippen MR) is 149 cm³/mol. The molecule has 3 aromatic carbocycles. The standard InChI is InChI=1S/C30H27FN4O5/c1-37-20-11-5-17(6-12-20)16-32-30(36)22-13-23(21-14-25(39-3)26(40-4)15-24(21)38-2)33-29-27(22)28(34-35-29)18-7-9-19(31)10-8-18/h5-15H,16H2,1-4H3,(H,32,36)(H,33,34,35). The van der Waals surface area contributed by atoms with Gasteiger partial charge in [-0.25, -0.2) is 9.37 Å². The van der Waals surface area contributed by atoms with Crippen LogP contribution in [-0.2, 0) is 6.54 Å². The van der Waals surface area contributed by atoms with Crippen LogP contribution in [-0.4, -0.2) is 49.5 Å². The molecule has 0 radical (unpaired) electrons. The van der Waals surface area contributed by atoms with E-state index in [1.54, 1.807) is 37.4 Å². The van der Waals surface area contributed by atoms with Gasteiger partial charge in [-0.2, -0.15) is 5.10 Å². The van der Waals surface area contributed by atoms with E-state index in [9.17, 15) is 9.18 Å². The molecule has 9 nitrogen and oxygen atoms in total. The van der Waals surface area contributed by atoms with Gasteiger partial charge in [0.2, 0.25) is 0 Å². The number of H-pyrrole nitrogens is 1. The molecule has 0 saturated carbocycles. The van der Waals surface area contributed by atoms with Crippen LogP contribution in [0.2, 0.25) is 0 Å². The van der Waals surface area contributed by atoms with E-state index in [1.807, 2.05) is 24.3 Å². The molecule has 0 aliphatic rings. The summed E-state index contributed by atoms with van der Waals surface area (Å²) in [7, 11) is 6.20. The Kier molecular flexibility index (Phi) is 7.50. The van der Waals surface area contributed by atoms with Crippen LogP contribution in [0.4, 0.5) is 4.39 Å². The molecule has 0 atom stereocenters. The van der Waals surface area contributed by atoms with Crippen molar-refractivity contribution in [1.29, 1.82) is 0 Å². The fourth-order valence-electron chi connectivity index (χ4n) is 4.42. The molecule has 2 heterocycles. The Morgan fingerprint density at radius 1 is 0.850 bits per heavy atom. The zero-order valence-electron chi connectivity index (χ0n) is 22.4. The van der Waals surface area contributed by atoms with Gasteiger partial charge in [0.25, 0.3) is 5.91 Å². The van der Waals surface area contributed by atoms with E-state index < -0.39 is 0 Å². The third-order valence-electron chi connectivity index (χ3n) is 6.50. The molecular weight excluding hydrogens is 515 g/mol. The largest absolute Gasteiger partial charge is 0.497 e. The van der Waals surface area contributed by atoms with Gasteiger partial charge >= 0.3 is 0 Å². The predicted octanol–water partition coefficient (Wildman–Crippen LogP) is 5.40. The smallest absolute Gasteiger partial charge is 0.252 e. The van der Waals surface area contributed by atoms with Gasteiger partial charge < -0.3 is 24.3 Å². The number of hydrogen-bond acceptors (Lipinski definition) is 7. The van der Waals surface area contributed by atoms with Crippen molar-refractivity contribution in [3.63, 3.8) is 0 Å². The lowest BCUT2D eigenvalue weighted by molar-refractivity contribution is 0.0952. The van der Waals surface area contributed by atoms with E-state index in [1.165, 1.54) is 33.5 Å². The summed E-state index contributed by atoms with van der Waals surface area (Å²) in [5, 5.41) is 10.9. The fraction of sp³-hybridized carbons (Fsp3) is 0.167. The number of amides is 1. The molecule has 0 saturated heterocycles. The van der Waals surface area contributed by atoms with E-state index in [0.29, 0.717) is 56.4 Å². The molecule has 2 aromatic heterocycles. The van der Waals surface area contributed by atoms with Crippen LogP contribution in [0.1, 0.15) is 15.9 Å². The third kappa shape index (κ3) is 5.11. The number of aromatic nitrogens is 3. The Morgan fingerprint density at radius 2 is 1.52 bits per heavy atom. The number of carbonyl (C=O) groups is 1. The number of methoxy groups -OCH3 is 4. The van der Waals surface area contributed by atoms with Gasteiger partial charge in [0.05, 0.1) is 50.8 Å². The summed E-state index contributed by atoms with van der Waals surface area (Å²) in [4.78, 5) is 18.5. The van der Waals surface area contributed by atoms with Gasteiger partial charge in [0.1, 0.15) is 17.3 Å². The molecule has 0 fully saturated rings. The van der Waals surface area contributed by atoms with Crippen molar-refractivity contribution in [2.45, 2.75) is 6.54 Å². The van der Waals surface area contributed by atoms with E-state index >= 15 is 0 Å². The third-order valence-corrected chi connectivity index (χ3v) is 6.50. The lowest BCUT2D eigenvalue weighted by atomic mass is 10.0. The fourth-order valence-corrected chi connectivity index (χ4v) is 4.42. The number of ether oxygens (including phenoxy) is 4. The van der Waals surface area contributed by atoms with E-state index in [-0.39, 0.29) is 18.3 Å². The quantitative estimate of drug-likeness (QED) is 0.257. The normalized spacial score (nSPS) is 10.8. The number of benzene rings is 3. The summed E-state index contributed by atoms with van der Waals surface area (Å²) in [5.41, 5.74) is 3.76. The van der Waals surface area contributed by atoms with Crippen molar-refractivity contribution in [1.82, 2.24) is 20.5 Å². The number of halogens is 1. The second-order valence-electron chi connectivity index (χ2n) is 8.80. The first-order chi connectivity index (χ1) is 19.4. The van der Waals surface area contributed by atoms with Crippen LogP contribution >= 0.6 is 0 Å². The molecule has 0 aliphatic carbocycles. The zero-order chi connectivity index (χ0) is 28.2. The van der Waals surface area contributed by atoms with Crippen molar-refractivity contribution >= 4 is 16.9 Å². The number of carbonyl (C=O) groups excluding carboxylic acids is 1. The van der Waals surface area contributed by atoms with E-state index in [4.69, 9.17) is 23.9 Å². The molecule has 0 bridgehead atoms. The average Bonchev–Trinajstić information content (AvgIpc) is 3.43. The Hall–Kier alpha value is -5.12. The molecule has 40 heavy (non-hydrogen) atoms. The minimum atomic E-state index is -0.369. The Morgan fingerprint density at radius 3 is 2.17 bits per heavy atom. The van der Waals surface area contributed by atoms with Gasteiger partial charge in [0.15, 0.2) is 17.1 Å². The minimum Gasteiger partial charge on any atom is -0.497 e. The highest BCUT2D eigenvalue weighted by Crippen LogP contribution is 2.41. The van der Waals surface area contributed by atoms with Gasteiger partial charge in [-0.3, -0.25) is 9.89 Å². The summed E-state index contributed by atoms with van der Waals surface area (Å²) in [5.74, 6) is 1.45. The monoisotopic (exact) mass is 542 g/mol. The van der Waals surface area contributed by atoms with Gasteiger partial charge in [-0.1, -0.05) is 12.1 Å². The highest BCUT2D eigenvalue weighted by molar-refractivity contribution is 6.11. The molecule has 0 spiro atoms. The number of hydrogen-bond donors (Lipinski definition) is 2. The number of nitrogens with one attached hydrogen (secondary N) is 2. The summed E-state index contributed by atoms with van der Waals surface area (Å²) in [6, 6.07) is 18.5. The van der Waals surface area contributed by atoms with Crippen molar-refractivity contribution in [2.75, 3.05) is 28.4 Å². The van der Waals surface area contributed by atoms with E-state index in [0.717, 1.165) is 11.3 Å². The van der Waals surface area contributed by atoms with E-state index in [2.05, 4.69) is 15.5 Å². The maximum Gasteiger partial charge on any atom is 0.252 e. The molecule has 2 N–H and O–H groups in total. The summed E-state index contributed by atoms with van der Waals surface area (Å²) >= 11 is 0. The molecular formula is C30H27FN4O5. The topological polar surface area (TPSA) is 108 Å². The molecule has 10 heteroatoms. The van der Waals surface area contributed by atoms with Crippen LogP contribution < -0.4 is 24.3 Å². The van der Waals surface area contributed by atoms with Crippen molar-refractivity contribution in [3.8, 4) is 45.5 Å². The summed E-state index contributed by atoms with van der Waals surface area (Å²) in [6.07, 6.45) is 0. The van der Waals surface area contributed by atoms with Gasteiger partial charge in [-0.05, 0) is 54.1 Å². The number of rotatable bonds is 9. The van der Waals surface area contributed by atoms with Crippen molar-refractivity contribution in [3.05, 3.63) is 83.7 Å². The Labute approximate surface area is 229 Å². The second kappa shape index (κ2) is 11.3. The van der Waals surface area contributed by atoms with Gasteiger partial charge in [-0.15, -0.1) is 0 Å². The highest BCUT2D eigenvalue weighted by Gasteiger charge is 2.23. The molecule has 204 valence electrons. The summed E-state index contributed by atoms with van der Waals surface area (Å²) in [6.45, 7) is 0.283. The number of fused-ring (bicyclic) bond motifs is 1. The molecule has 0 unspecified atom stereocenters. The second-order valence-corrected chi connectivity index (χ2v) is 8.80. The highest BCUT2D eigenvalue weighted by atomic mass is 19.1. The lowest BCUT2D eigenvalue weighted by Crippen LogP contribution is -2.23. The first kappa shape index (κ1) is 26.5. The molecule has 5 aromatic rings. The lowest BCUT2D eigenvalue weighted by Gasteiger charge is -2.15. The van der Waals surface area contributed by atoms with Crippen LogP contribution in [0, 0.1) is 5.82 Å². The number of pyridine rings is 1. The average molecular weight is 543 g/mol. The maximum atomic E-state index is 13.7. The Bertz CT molecular complexity index is 1670. The van der Waals surface area contributed by atoms with Crippen molar-refractivity contribution < 1.29 is 28.1 Å². The summed E-state index contributed by atoms with van der Waals surface area (Å²) < 4.78 is 35.4. The minimum absolute atomic E-state index is 0.283. The van der Waals surface area contributed by atoms with Crippen LogP contribution in [0.5, 0.6) is 23.0 Å². The molecule has 1 amide bonds. The zero-order valence-corrected chi connectivity index (χ0v) is 22.4. The first-order valence-electron chi connectivity index (χ1n) is 12.3. The SMILES string of the molecule is COc1ccc(CNC(=O)c2cc(-c3cc(OC)c(OC)cc3OC)nc3n[nH]c(-c4ccc(F)cc4)c23)cc1. The van der Waals surface area contributed by atoms with Crippen LogP contribution in [0.3, 0.4) is 0 Å². The van der Waals surface area contributed by atoms with Crippen LogP contribution in [0.15, 0.2) is 66.7 Å².